The number of H-pyrrole nitrogens is 1. The van der Waals surface area contributed by atoms with Crippen molar-refractivity contribution in [1.29, 1.82) is 0 Å². The van der Waals surface area contributed by atoms with Crippen LogP contribution in [-0.2, 0) is 17.9 Å². The molecule has 3 N–H and O–H groups in total. The van der Waals surface area contributed by atoms with Gasteiger partial charge in [0.25, 0.3) is 5.56 Å². The van der Waals surface area contributed by atoms with E-state index >= 15 is 0 Å². The highest BCUT2D eigenvalue weighted by atomic mass is 16.3. The molecule has 0 unspecified atom stereocenters. The highest BCUT2D eigenvalue weighted by molar-refractivity contribution is 5.96. The number of nitrogens with zero attached hydrogens (tertiary/aromatic N) is 3. The first-order chi connectivity index (χ1) is 17.1. The number of aromatic amines is 1. The smallest absolute Gasteiger partial charge is 0.330 e. The van der Waals surface area contributed by atoms with Crippen LogP contribution in [-0.4, -0.2) is 40.5 Å². The van der Waals surface area contributed by atoms with Crippen LogP contribution in [0.1, 0.15) is 50.2 Å². The minimum absolute atomic E-state index is 0.000590. The number of aromatic nitrogens is 2. The van der Waals surface area contributed by atoms with Crippen molar-refractivity contribution in [3.05, 3.63) is 80.4 Å². The third-order valence-corrected chi connectivity index (χ3v) is 6.50. The molecule has 2 aromatic heterocycles. The Morgan fingerprint density at radius 1 is 1.19 bits per heavy atom. The van der Waals surface area contributed by atoms with E-state index in [2.05, 4.69) is 11.9 Å². The summed E-state index contributed by atoms with van der Waals surface area (Å²) < 4.78 is 7.28. The number of rotatable bonds is 10. The molecule has 1 fully saturated rings. The number of hydrogen-bond donors (Lipinski definition) is 2. The molecule has 1 aliphatic rings. The maximum absolute atomic E-state index is 13.5. The van der Waals surface area contributed by atoms with E-state index in [1.165, 1.54) is 9.47 Å². The van der Waals surface area contributed by atoms with Gasteiger partial charge in [0.05, 0.1) is 19.6 Å². The van der Waals surface area contributed by atoms with Gasteiger partial charge >= 0.3 is 5.69 Å². The lowest BCUT2D eigenvalue weighted by atomic mass is 10.2. The molecule has 1 aliphatic carbocycles. The molecule has 3 aromatic rings. The Labute approximate surface area is 210 Å². The van der Waals surface area contributed by atoms with Crippen LogP contribution in [0.15, 0.2) is 56.5 Å². The predicted molar refractivity (Wildman–Crippen MR) is 140 cm³/mol. The number of amides is 1. The molecule has 9 heteroatoms. The normalized spacial score (nSPS) is 17.1. The second kappa shape index (κ2) is 10.6. The third kappa shape index (κ3) is 5.79. The summed E-state index contributed by atoms with van der Waals surface area (Å²) in [5.74, 6) is 2.70. The maximum atomic E-state index is 13.5. The number of nitrogens with two attached hydrogens (primary N) is 1. The van der Waals surface area contributed by atoms with Gasteiger partial charge in [-0.15, -0.1) is 0 Å². The zero-order valence-electron chi connectivity index (χ0n) is 21.4. The fraction of sp³-hybridized carbons (Fsp3) is 0.444. The van der Waals surface area contributed by atoms with Gasteiger partial charge in [-0.2, -0.15) is 0 Å². The van der Waals surface area contributed by atoms with Gasteiger partial charge in [-0.3, -0.25) is 24.0 Å². The monoisotopic (exact) mass is 493 g/mol. The Bertz CT molecular complexity index is 1320. The Hall–Kier alpha value is -3.59. The van der Waals surface area contributed by atoms with Crippen LogP contribution in [0, 0.1) is 11.8 Å². The standard InChI is InChI=1S/C27H35N5O4/c1-17(2)13-31(23(33)16-30(4)15-20-10-11-22(36-20)21-12-18(21)3)24-25(28)32(27(35)29-26(24)34)14-19-8-6-5-7-9-19/h5-11,17-18,21H,12-16,28H2,1-4H3,(H,29,34,35)/t18-,21-/m1/s1. The molecule has 1 amide bonds. The number of furan rings is 1. The molecule has 9 nitrogen and oxygen atoms in total. The van der Waals surface area contributed by atoms with Gasteiger partial charge in [-0.25, -0.2) is 4.79 Å². The molecule has 1 aromatic carbocycles. The number of carbonyl (C=O) groups is 1. The van der Waals surface area contributed by atoms with Crippen LogP contribution in [0.25, 0.3) is 0 Å². The quantitative estimate of drug-likeness (QED) is 0.448. The molecule has 0 radical (unpaired) electrons. The fourth-order valence-electron chi connectivity index (χ4n) is 4.48. The molecule has 0 bridgehead atoms. The van der Waals surface area contributed by atoms with E-state index in [1.807, 2.05) is 68.3 Å². The molecular weight excluding hydrogens is 458 g/mol. The van der Waals surface area contributed by atoms with E-state index in [0.717, 1.165) is 23.5 Å². The van der Waals surface area contributed by atoms with Crippen LogP contribution in [0.2, 0.25) is 0 Å². The van der Waals surface area contributed by atoms with Crippen molar-refractivity contribution in [2.75, 3.05) is 30.8 Å². The van der Waals surface area contributed by atoms with E-state index < -0.39 is 11.2 Å². The van der Waals surface area contributed by atoms with Crippen molar-refractivity contribution in [2.45, 2.75) is 46.2 Å². The van der Waals surface area contributed by atoms with E-state index in [1.54, 1.807) is 0 Å². The molecule has 4 rings (SSSR count). The van der Waals surface area contributed by atoms with Gasteiger partial charge in [0.2, 0.25) is 5.91 Å². The number of benzene rings is 1. The predicted octanol–water partition coefficient (Wildman–Crippen LogP) is 3.00. The Balaban J connectivity index is 1.56. The fourth-order valence-corrected chi connectivity index (χ4v) is 4.48. The van der Waals surface area contributed by atoms with E-state index in [4.69, 9.17) is 10.2 Å². The van der Waals surface area contributed by atoms with Crippen molar-refractivity contribution in [3.63, 3.8) is 0 Å². The molecule has 192 valence electrons. The van der Waals surface area contributed by atoms with Crippen LogP contribution < -0.4 is 21.9 Å². The zero-order chi connectivity index (χ0) is 26.0. The number of carbonyl (C=O) groups excluding carboxylic acids is 1. The minimum atomic E-state index is -0.673. The lowest BCUT2D eigenvalue weighted by molar-refractivity contribution is -0.119. The van der Waals surface area contributed by atoms with Gasteiger partial charge in [-0.1, -0.05) is 51.1 Å². The minimum Gasteiger partial charge on any atom is -0.464 e. The molecule has 0 aliphatic heterocycles. The van der Waals surface area contributed by atoms with Crippen molar-refractivity contribution in [3.8, 4) is 0 Å². The van der Waals surface area contributed by atoms with Gasteiger partial charge < -0.3 is 15.1 Å². The lowest BCUT2D eigenvalue weighted by Crippen LogP contribution is -2.46. The largest absolute Gasteiger partial charge is 0.464 e. The lowest BCUT2D eigenvalue weighted by Gasteiger charge is -2.28. The van der Waals surface area contributed by atoms with Crippen LogP contribution >= 0.6 is 0 Å². The number of nitrogens with one attached hydrogen (secondary N) is 1. The Kier molecular flexibility index (Phi) is 7.49. The third-order valence-electron chi connectivity index (χ3n) is 6.50. The molecule has 0 saturated heterocycles. The number of anilines is 2. The van der Waals surface area contributed by atoms with Crippen LogP contribution in [0.3, 0.4) is 0 Å². The van der Waals surface area contributed by atoms with Gasteiger partial charge in [-0.05, 0) is 43.0 Å². The molecule has 36 heavy (non-hydrogen) atoms. The first kappa shape index (κ1) is 25.5. The second-order valence-electron chi connectivity index (χ2n) is 10.3. The summed E-state index contributed by atoms with van der Waals surface area (Å²) >= 11 is 0. The highest BCUT2D eigenvalue weighted by Gasteiger charge is 2.36. The first-order valence-electron chi connectivity index (χ1n) is 12.4. The summed E-state index contributed by atoms with van der Waals surface area (Å²) in [5, 5.41) is 0. The van der Waals surface area contributed by atoms with Crippen molar-refractivity contribution >= 4 is 17.4 Å². The summed E-state index contributed by atoms with van der Waals surface area (Å²) in [6.07, 6.45) is 1.15. The molecular formula is C27H35N5O4. The zero-order valence-corrected chi connectivity index (χ0v) is 21.4. The summed E-state index contributed by atoms with van der Waals surface area (Å²) in [4.78, 5) is 44.5. The number of hydrogen-bond acceptors (Lipinski definition) is 6. The molecule has 2 atom stereocenters. The van der Waals surface area contributed by atoms with Crippen LogP contribution in [0.5, 0.6) is 0 Å². The topological polar surface area (TPSA) is 118 Å². The Morgan fingerprint density at radius 3 is 2.53 bits per heavy atom. The summed E-state index contributed by atoms with van der Waals surface area (Å²) in [6, 6.07) is 13.3. The summed E-state index contributed by atoms with van der Waals surface area (Å²) in [7, 11) is 1.83. The van der Waals surface area contributed by atoms with Gasteiger partial charge in [0.1, 0.15) is 17.3 Å². The average molecular weight is 494 g/mol. The van der Waals surface area contributed by atoms with Crippen molar-refractivity contribution in [2.24, 2.45) is 11.8 Å². The summed E-state index contributed by atoms with van der Waals surface area (Å²) in [5.41, 5.74) is 5.94. The molecule has 0 spiro atoms. The van der Waals surface area contributed by atoms with E-state index in [0.29, 0.717) is 18.4 Å². The van der Waals surface area contributed by atoms with E-state index in [-0.39, 0.29) is 43.0 Å². The second-order valence-corrected chi connectivity index (χ2v) is 10.3. The van der Waals surface area contributed by atoms with E-state index in [9.17, 15) is 14.4 Å². The van der Waals surface area contributed by atoms with Crippen LogP contribution in [0.4, 0.5) is 11.5 Å². The highest BCUT2D eigenvalue weighted by Crippen LogP contribution is 2.47. The summed E-state index contributed by atoms with van der Waals surface area (Å²) in [6.45, 7) is 7.10. The van der Waals surface area contributed by atoms with Gasteiger partial charge in [0, 0.05) is 12.5 Å². The Morgan fingerprint density at radius 2 is 1.89 bits per heavy atom. The number of nitrogen functional groups attached to an aromatic ring is 1. The average Bonchev–Trinajstić information content (AvgIpc) is 3.36. The number of likely N-dealkylation sites (N-methyl/N-ethyl adjacent to an activating group) is 1. The van der Waals surface area contributed by atoms with Crippen molar-refractivity contribution in [1.82, 2.24) is 14.5 Å². The first-order valence-corrected chi connectivity index (χ1v) is 12.4. The van der Waals surface area contributed by atoms with Gasteiger partial charge in [0.15, 0.2) is 5.69 Å². The maximum Gasteiger partial charge on any atom is 0.330 e. The van der Waals surface area contributed by atoms with Crippen molar-refractivity contribution < 1.29 is 9.21 Å². The SMILES string of the molecule is CC(C)CN(C(=O)CN(C)Cc1ccc([C@@H]2C[C@H]2C)o1)c1c(N)n(Cc2ccccc2)c(=O)[nH]c1=O. The molecule has 1 saturated carbocycles. The molecule has 2 heterocycles.